The molecule has 0 fully saturated rings. The van der Waals surface area contributed by atoms with Gasteiger partial charge in [0.25, 0.3) is 0 Å². The molecule has 0 radical (unpaired) electrons. The number of hydrogen-bond donors (Lipinski definition) is 2. The molecule has 0 saturated heterocycles. The van der Waals surface area contributed by atoms with E-state index in [-0.39, 0.29) is 0 Å². The van der Waals surface area contributed by atoms with Crippen molar-refractivity contribution in [2.75, 3.05) is 11.5 Å². The molecule has 1 rings (SSSR count). The highest BCUT2D eigenvalue weighted by Gasteiger charge is 1.88. The summed E-state index contributed by atoms with van der Waals surface area (Å²) in [4.78, 5) is 0. The van der Waals surface area contributed by atoms with E-state index in [9.17, 15) is 0 Å². The molecule has 0 aliphatic carbocycles. The second-order valence-corrected chi connectivity index (χ2v) is 5.72. The van der Waals surface area contributed by atoms with Crippen molar-refractivity contribution < 1.29 is 8.42 Å². The first-order chi connectivity index (χ1) is 5.79. The van der Waals surface area contributed by atoms with Crippen molar-refractivity contribution in [2.24, 2.45) is 0 Å². The molecular formula is C6H8Cl2N2O2S. The van der Waals surface area contributed by atoms with E-state index in [4.69, 9.17) is 19.9 Å². The molecule has 7 heteroatoms. The molecule has 4 nitrogen and oxygen atoms in total. The number of halogens is 2. The fourth-order valence-electron chi connectivity index (χ4n) is 0.559. The van der Waals surface area contributed by atoms with Crippen LogP contribution in [0.5, 0.6) is 0 Å². The molecule has 4 N–H and O–H groups in total. The number of benzene rings is 1. The molecule has 0 aliphatic rings. The molecular weight excluding hydrogens is 235 g/mol. The number of nitrogen functional groups attached to an aromatic ring is 2. The van der Waals surface area contributed by atoms with Crippen LogP contribution in [0.25, 0.3) is 0 Å². The fourth-order valence-corrected chi connectivity index (χ4v) is 0.559. The molecule has 0 heterocycles. The molecule has 0 bridgehead atoms. The van der Waals surface area contributed by atoms with Crippen LogP contribution in [0, 0.1) is 0 Å². The third-order valence-electron chi connectivity index (χ3n) is 0.911. The van der Waals surface area contributed by atoms with Crippen LogP contribution in [0.4, 0.5) is 11.4 Å². The normalized spacial score (nSPS) is 10.0. The zero-order valence-corrected chi connectivity index (χ0v) is 8.77. The lowest BCUT2D eigenvalue weighted by Gasteiger charge is -1.91. The molecule has 74 valence electrons. The van der Waals surface area contributed by atoms with Crippen molar-refractivity contribution in [1.82, 2.24) is 0 Å². The molecule has 0 spiro atoms. The second-order valence-electron chi connectivity index (χ2n) is 2.05. The van der Waals surface area contributed by atoms with Crippen molar-refractivity contribution >= 4 is 41.0 Å². The zero-order chi connectivity index (χ0) is 10.5. The van der Waals surface area contributed by atoms with E-state index < -0.39 is 8.26 Å². The molecule has 0 unspecified atom stereocenters. The summed E-state index contributed by atoms with van der Waals surface area (Å²) in [6, 6.07) is 7.15. The van der Waals surface area contributed by atoms with Crippen LogP contribution >= 0.6 is 21.4 Å². The topological polar surface area (TPSA) is 86.2 Å². The SMILES string of the molecule is Nc1cccc(N)c1.O=S(=O)(Cl)Cl. The maximum atomic E-state index is 9.16. The van der Waals surface area contributed by atoms with Crippen LogP contribution in [0.2, 0.25) is 0 Å². The van der Waals surface area contributed by atoms with E-state index >= 15 is 0 Å². The summed E-state index contributed by atoms with van der Waals surface area (Å²) in [6.07, 6.45) is 0. The first-order valence-corrected chi connectivity index (χ1v) is 6.18. The standard InChI is InChI=1S/C6H8N2.Cl2O2S/c7-5-2-1-3-6(8)4-5;1-5(2,3)4/h1-4H,7-8H2;. The third-order valence-corrected chi connectivity index (χ3v) is 0.911. The monoisotopic (exact) mass is 242 g/mol. The van der Waals surface area contributed by atoms with Gasteiger partial charge in [0.1, 0.15) is 0 Å². The summed E-state index contributed by atoms with van der Waals surface area (Å²) in [5, 5.41) is 0. The quantitative estimate of drug-likeness (QED) is 0.534. The van der Waals surface area contributed by atoms with Crippen molar-refractivity contribution in [2.45, 2.75) is 0 Å². The van der Waals surface area contributed by atoms with Gasteiger partial charge in [-0.2, -0.15) is 8.42 Å². The van der Waals surface area contributed by atoms with E-state index in [1.807, 2.05) is 6.07 Å². The van der Waals surface area contributed by atoms with Crippen LogP contribution in [0.15, 0.2) is 24.3 Å². The van der Waals surface area contributed by atoms with E-state index in [1.165, 1.54) is 0 Å². The van der Waals surface area contributed by atoms with Gasteiger partial charge >= 0.3 is 8.26 Å². The Labute approximate surface area is 85.4 Å². The van der Waals surface area contributed by atoms with Crippen LogP contribution in [-0.2, 0) is 8.26 Å². The molecule has 1 aromatic rings. The summed E-state index contributed by atoms with van der Waals surface area (Å²) in [7, 11) is 4.81. The van der Waals surface area contributed by atoms with E-state index in [0.29, 0.717) is 11.4 Å². The summed E-state index contributed by atoms with van der Waals surface area (Å²) >= 11 is 0. The fraction of sp³-hybridized carbons (Fsp3) is 0. The Morgan fingerprint density at radius 1 is 1.08 bits per heavy atom. The molecule has 0 amide bonds. The van der Waals surface area contributed by atoms with Gasteiger partial charge < -0.3 is 11.5 Å². The third kappa shape index (κ3) is 11.3. The number of nitrogens with two attached hydrogens (primary N) is 2. The van der Waals surface area contributed by atoms with Gasteiger partial charge in [-0.3, -0.25) is 0 Å². The Kier molecular flexibility index (Phi) is 4.90. The maximum Gasteiger partial charge on any atom is 0.317 e. The Morgan fingerprint density at radius 2 is 1.38 bits per heavy atom. The predicted octanol–water partition coefficient (Wildman–Crippen LogP) is 1.56. The first kappa shape index (κ1) is 12.3. The first-order valence-electron chi connectivity index (χ1n) is 3.04. The summed E-state index contributed by atoms with van der Waals surface area (Å²) in [6.45, 7) is 0. The Bertz CT molecular complexity index is 341. The van der Waals surface area contributed by atoms with Gasteiger partial charge in [-0.1, -0.05) is 6.07 Å². The summed E-state index contributed by atoms with van der Waals surface area (Å²) in [5.74, 6) is 0. The molecule has 1 aromatic carbocycles. The van der Waals surface area contributed by atoms with Gasteiger partial charge in [-0.05, 0) is 18.2 Å². The molecule has 0 atom stereocenters. The van der Waals surface area contributed by atoms with Crippen molar-refractivity contribution in [3.8, 4) is 0 Å². The van der Waals surface area contributed by atoms with Gasteiger partial charge in [0.15, 0.2) is 0 Å². The van der Waals surface area contributed by atoms with E-state index in [1.54, 1.807) is 18.2 Å². The average molecular weight is 243 g/mol. The Morgan fingerprint density at radius 3 is 1.54 bits per heavy atom. The lowest BCUT2D eigenvalue weighted by molar-refractivity contribution is 0.621. The van der Waals surface area contributed by atoms with Gasteiger partial charge in [0.2, 0.25) is 0 Å². The highest BCUT2D eigenvalue weighted by molar-refractivity contribution is 8.31. The summed E-state index contributed by atoms with van der Waals surface area (Å²) < 4.78 is 18.3. The Hall–Kier alpha value is -0.650. The smallest absolute Gasteiger partial charge is 0.317 e. The number of hydrogen-bond acceptors (Lipinski definition) is 4. The van der Waals surface area contributed by atoms with E-state index in [0.717, 1.165) is 0 Å². The Balaban J connectivity index is 0.000000252. The van der Waals surface area contributed by atoms with Crippen molar-refractivity contribution in [3.63, 3.8) is 0 Å². The average Bonchev–Trinajstić information content (AvgIpc) is 1.81. The lowest BCUT2D eigenvalue weighted by Crippen LogP contribution is -1.87. The number of anilines is 2. The highest BCUT2D eigenvalue weighted by Crippen LogP contribution is 2.06. The predicted molar refractivity (Wildman–Crippen MR) is 55.9 cm³/mol. The molecule has 0 saturated carbocycles. The van der Waals surface area contributed by atoms with Crippen molar-refractivity contribution in [1.29, 1.82) is 0 Å². The van der Waals surface area contributed by atoms with E-state index in [2.05, 4.69) is 21.4 Å². The van der Waals surface area contributed by atoms with Crippen LogP contribution in [0.3, 0.4) is 0 Å². The van der Waals surface area contributed by atoms with Crippen LogP contribution < -0.4 is 11.5 Å². The maximum absolute atomic E-state index is 9.16. The van der Waals surface area contributed by atoms with Crippen LogP contribution in [0.1, 0.15) is 0 Å². The number of rotatable bonds is 0. The minimum absolute atomic E-state index is 0.713. The van der Waals surface area contributed by atoms with Gasteiger partial charge in [-0.25, -0.2) is 0 Å². The zero-order valence-electron chi connectivity index (χ0n) is 6.44. The summed E-state index contributed by atoms with van der Waals surface area (Å²) in [5.41, 5.74) is 12.2. The molecule has 0 aliphatic heterocycles. The van der Waals surface area contributed by atoms with Gasteiger partial charge in [0.05, 0.1) is 0 Å². The molecule has 13 heavy (non-hydrogen) atoms. The van der Waals surface area contributed by atoms with Gasteiger partial charge in [0, 0.05) is 32.7 Å². The molecule has 0 aromatic heterocycles. The van der Waals surface area contributed by atoms with Gasteiger partial charge in [-0.15, -0.1) is 0 Å². The lowest BCUT2D eigenvalue weighted by atomic mass is 10.3. The van der Waals surface area contributed by atoms with Crippen molar-refractivity contribution in [3.05, 3.63) is 24.3 Å². The minimum Gasteiger partial charge on any atom is -0.399 e. The minimum atomic E-state index is -3.72. The highest BCUT2D eigenvalue weighted by atomic mass is 36.0. The van der Waals surface area contributed by atoms with Crippen LogP contribution in [-0.4, -0.2) is 8.42 Å². The second kappa shape index (κ2) is 5.16. The largest absolute Gasteiger partial charge is 0.399 e.